The predicted molar refractivity (Wildman–Crippen MR) is 67.7 cm³/mol. The Hall–Kier alpha value is -1.88. The first-order valence-corrected chi connectivity index (χ1v) is 5.83. The molecule has 18 heavy (non-hydrogen) atoms. The molecule has 1 amide bonds. The van der Waals surface area contributed by atoms with Crippen molar-refractivity contribution in [2.24, 2.45) is 0 Å². The number of benzene rings is 1. The summed E-state index contributed by atoms with van der Waals surface area (Å²) in [4.78, 5) is 24.6. The van der Waals surface area contributed by atoms with Crippen molar-refractivity contribution >= 4 is 17.6 Å². The first kappa shape index (κ1) is 12.6. The number of piperazine rings is 1. The molecule has 2 N–H and O–H groups in total. The molecule has 1 unspecified atom stereocenters. The van der Waals surface area contributed by atoms with Gasteiger partial charge in [0.25, 0.3) is 0 Å². The van der Waals surface area contributed by atoms with Crippen LogP contribution in [-0.4, -0.2) is 36.1 Å². The molecule has 0 aromatic heterocycles. The van der Waals surface area contributed by atoms with E-state index in [-0.39, 0.29) is 19.0 Å². The molecule has 1 aromatic rings. The third kappa shape index (κ3) is 2.22. The molecule has 0 radical (unpaired) electrons. The van der Waals surface area contributed by atoms with E-state index in [0.29, 0.717) is 5.69 Å². The highest BCUT2D eigenvalue weighted by molar-refractivity contribution is 6.01. The van der Waals surface area contributed by atoms with Crippen LogP contribution in [0.15, 0.2) is 18.2 Å². The number of aliphatic carboxylic acids is 1. The van der Waals surface area contributed by atoms with E-state index >= 15 is 0 Å². The number of anilines is 1. The summed E-state index contributed by atoms with van der Waals surface area (Å²) in [7, 11) is 0. The van der Waals surface area contributed by atoms with Crippen molar-refractivity contribution in [3.8, 4) is 0 Å². The summed E-state index contributed by atoms with van der Waals surface area (Å²) in [6, 6.07) is 4.80. The zero-order chi connectivity index (χ0) is 13.3. The fourth-order valence-corrected chi connectivity index (χ4v) is 2.24. The number of hydrogen-bond acceptors (Lipinski definition) is 3. The maximum atomic E-state index is 11.9. The van der Waals surface area contributed by atoms with E-state index in [4.69, 9.17) is 0 Å². The van der Waals surface area contributed by atoms with Crippen LogP contribution in [0.2, 0.25) is 0 Å². The number of nitrogens with zero attached hydrogens (tertiary/aromatic N) is 1. The van der Waals surface area contributed by atoms with Gasteiger partial charge < -0.3 is 10.4 Å². The molecule has 1 atom stereocenters. The fourth-order valence-electron chi connectivity index (χ4n) is 2.24. The van der Waals surface area contributed by atoms with Crippen LogP contribution in [-0.2, 0) is 9.59 Å². The molecule has 0 aliphatic carbocycles. The quantitative estimate of drug-likeness (QED) is 0.808. The van der Waals surface area contributed by atoms with E-state index in [1.165, 1.54) is 4.90 Å². The van der Waals surface area contributed by atoms with E-state index in [2.05, 4.69) is 5.32 Å². The molecule has 0 spiro atoms. The summed E-state index contributed by atoms with van der Waals surface area (Å²) in [5, 5.41) is 12.0. The van der Waals surface area contributed by atoms with Gasteiger partial charge in [-0.15, -0.1) is 0 Å². The molecule has 1 aliphatic rings. The number of rotatable bonds is 2. The molecule has 0 bridgehead atoms. The lowest BCUT2D eigenvalue weighted by Crippen LogP contribution is -2.58. The third-order valence-electron chi connectivity index (χ3n) is 3.09. The molecule has 96 valence electrons. The van der Waals surface area contributed by atoms with Crippen molar-refractivity contribution in [3.05, 3.63) is 29.3 Å². The Balaban J connectivity index is 2.43. The van der Waals surface area contributed by atoms with Crippen molar-refractivity contribution in [1.82, 2.24) is 5.32 Å². The number of nitrogens with one attached hydrogen (secondary N) is 1. The SMILES string of the molecule is Cc1ccc(N2C(=O)CNCC2C(=O)O)c(C)c1. The highest BCUT2D eigenvalue weighted by Crippen LogP contribution is 2.24. The van der Waals surface area contributed by atoms with E-state index in [1.807, 2.05) is 32.0 Å². The Bertz CT molecular complexity index is 499. The molecule has 1 aliphatic heterocycles. The molecule has 5 heteroatoms. The smallest absolute Gasteiger partial charge is 0.328 e. The first-order valence-electron chi connectivity index (χ1n) is 5.83. The van der Waals surface area contributed by atoms with E-state index in [9.17, 15) is 14.7 Å². The largest absolute Gasteiger partial charge is 0.480 e. The maximum Gasteiger partial charge on any atom is 0.328 e. The summed E-state index contributed by atoms with van der Waals surface area (Å²) in [5.74, 6) is -1.20. The zero-order valence-corrected chi connectivity index (χ0v) is 10.4. The number of carbonyl (C=O) groups excluding carboxylic acids is 1. The number of hydrogen-bond donors (Lipinski definition) is 2. The number of carboxylic acid groups (broad SMARTS) is 1. The minimum Gasteiger partial charge on any atom is -0.480 e. The van der Waals surface area contributed by atoms with Crippen molar-refractivity contribution in [1.29, 1.82) is 0 Å². The summed E-state index contributed by atoms with van der Waals surface area (Å²) >= 11 is 0. The highest BCUT2D eigenvalue weighted by atomic mass is 16.4. The van der Waals surface area contributed by atoms with Crippen LogP contribution < -0.4 is 10.2 Å². The standard InChI is InChI=1S/C13H16N2O3/c1-8-3-4-10(9(2)5-8)15-11(13(17)18)6-14-7-12(15)16/h3-5,11,14H,6-7H2,1-2H3,(H,17,18). The molecule has 0 saturated carbocycles. The van der Waals surface area contributed by atoms with Crippen LogP contribution in [0.1, 0.15) is 11.1 Å². The maximum absolute atomic E-state index is 11.9. The number of aryl methyl sites for hydroxylation is 2. The highest BCUT2D eigenvalue weighted by Gasteiger charge is 2.34. The van der Waals surface area contributed by atoms with Gasteiger partial charge in [0.05, 0.1) is 6.54 Å². The minimum atomic E-state index is -0.990. The molecule has 1 fully saturated rings. The van der Waals surface area contributed by atoms with Gasteiger partial charge in [0.1, 0.15) is 6.04 Å². The van der Waals surface area contributed by atoms with Crippen LogP contribution in [0.5, 0.6) is 0 Å². The molecule has 1 heterocycles. The minimum absolute atomic E-state index is 0.178. The Kier molecular flexibility index (Phi) is 3.34. The first-order chi connectivity index (χ1) is 8.50. The molecule has 5 nitrogen and oxygen atoms in total. The molecule has 1 aromatic carbocycles. The Morgan fingerprint density at radius 3 is 2.78 bits per heavy atom. The summed E-state index contributed by atoms with van der Waals surface area (Å²) in [6.45, 7) is 4.30. The second-order valence-electron chi connectivity index (χ2n) is 4.54. The molecular weight excluding hydrogens is 232 g/mol. The zero-order valence-electron chi connectivity index (χ0n) is 10.4. The van der Waals surface area contributed by atoms with Crippen LogP contribution in [0.3, 0.4) is 0 Å². The Morgan fingerprint density at radius 2 is 2.17 bits per heavy atom. The lowest BCUT2D eigenvalue weighted by Gasteiger charge is -2.34. The second kappa shape index (κ2) is 4.78. The van der Waals surface area contributed by atoms with Crippen molar-refractivity contribution in [2.75, 3.05) is 18.0 Å². The lowest BCUT2D eigenvalue weighted by molar-refractivity contribution is -0.140. The average Bonchev–Trinajstić information content (AvgIpc) is 2.29. The van der Waals surface area contributed by atoms with Crippen LogP contribution in [0.4, 0.5) is 5.69 Å². The fraction of sp³-hybridized carbons (Fsp3) is 0.385. The van der Waals surface area contributed by atoms with Gasteiger partial charge in [-0.3, -0.25) is 9.69 Å². The van der Waals surface area contributed by atoms with Gasteiger partial charge in [0.2, 0.25) is 5.91 Å². The summed E-state index contributed by atoms with van der Waals surface area (Å²) in [5.41, 5.74) is 2.68. The van der Waals surface area contributed by atoms with Gasteiger partial charge in [0, 0.05) is 12.2 Å². The topological polar surface area (TPSA) is 69.6 Å². The number of carboxylic acids is 1. The van der Waals surface area contributed by atoms with Gasteiger partial charge in [-0.25, -0.2) is 4.79 Å². The second-order valence-corrected chi connectivity index (χ2v) is 4.54. The van der Waals surface area contributed by atoms with Crippen molar-refractivity contribution in [2.45, 2.75) is 19.9 Å². The molecular formula is C13H16N2O3. The number of carbonyl (C=O) groups is 2. The normalized spacial score (nSPS) is 20.0. The van der Waals surface area contributed by atoms with Gasteiger partial charge >= 0.3 is 5.97 Å². The van der Waals surface area contributed by atoms with Gasteiger partial charge in [0.15, 0.2) is 0 Å². The average molecular weight is 248 g/mol. The van der Waals surface area contributed by atoms with E-state index < -0.39 is 12.0 Å². The van der Waals surface area contributed by atoms with Gasteiger partial charge in [-0.1, -0.05) is 17.7 Å². The van der Waals surface area contributed by atoms with Gasteiger partial charge in [-0.2, -0.15) is 0 Å². The van der Waals surface area contributed by atoms with Crippen molar-refractivity contribution < 1.29 is 14.7 Å². The summed E-state index contributed by atoms with van der Waals surface area (Å²) in [6.07, 6.45) is 0. The van der Waals surface area contributed by atoms with E-state index in [1.54, 1.807) is 0 Å². The number of amides is 1. The molecule has 1 saturated heterocycles. The Labute approximate surface area is 105 Å². The van der Waals surface area contributed by atoms with Crippen LogP contribution in [0, 0.1) is 13.8 Å². The monoisotopic (exact) mass is 248 g/mol. The van der Waals surface area contributed by atoms with Crippen molar-refractivity contribution in [3.63, 3.8) is 0 Å². The predicted octanol–water partition coefficient (Wildman–Crippen LogP) is 0.693. The molecule has 2 rings (SSSR count). The van der Waals surface area contributed by atoms with Crippen LogP contribution >= 0.6 is 0 Å². The van der Waals surface area contributed by atoms with Gasteiger partial charge in [-0.05, 0) is 25.5 Å². The lowest BCUT2D eigenvalue weighted by atomic mass is 10.1. The van der Waals surface area contributed by atoms with Crippen LogP contribution in [0.25, 0.3) is 0 Å². The Morgan fingerprint density at radius 1 is 1.44 bits per heavy atom. The van der Waals surface area contributed by atoms with E-state index in [0.717, 1.165) is 11.1 Å². The third-order valence-corrected chi connectivity index (χ3v) is 3.09. The summed E-state index contributed by atoms with van der Waals surface area (Å²) < 4.78 is 0.